The summed E-state index contributed by atoms with van der Waals surface area (Å²) in [5.41, 5.74) is 5.37. The van der Waals surface area contributed by atoms with E-state index in [2.05, 4.69) is 0 Å². The molecule has 7 heteroatoms. The van der Waals surface area contributed by atoms with Gasteiger partial charge in [0.25, 0.3) is 0 Å². The molecule has 0 saturated carbocycles. The van der Waals surface area contributed by atoms with Gasteiger partial charge in [-0.2, -0.15) is 4.31 Å². The van der Waals surface area contributed by atoms with Gasteiger partial charge in [0, 0.05) is 25.0 Å². The molecule has 1 heterocycles. The molecule has 0 spiro atoms. The van der Waals surface area contributed by atoms with Crippen LogP contribution in [0.2, 0.25) is 4.34 Å². The van der Waals surface area contributed by atoms with Crippen molar-refractivity contribution in [3.05, 3.63) is 21.3 Å². The maximum atomic E-state index is 11.9. The molecule has 92 valence electrons. The van der Waals surface area contributed by atoms with E-state index in [0.717, 1.165) is 4.88 Å². The van der Waals surface area contributed by atoms with Crippen LogP contribution in [0.25, 0.3) is 0 Å². The largest absolute Gasteiger partial charge is 0.329 e. The number of halogens is 1. The average Bonchev–Trinajstić information content (AvgIpc) is 2.62. The fourth-order valence-electron chi connectivity index (χ4n) is 1.17. The van der Waals surface area contributed by atoms with Crippen molar-refractivity contribution in [1.82, 2.24) is 4.31 Å². The van der Waals surface area contributed by atoms with E-state index in [1.165, 1.54) is 15.6 Å². The van der Waals surface area contributed by atoms with E-state index in [0.29, 0.717) is 10.9 Å². The van der Waals surface area contributed by atoms with E-state index in [1.54, 1.807) is 20.0 Å². The molecule has 1 aromatic rings. The minimum Gasteiger partial charge on any atom is -0.329 e. The van der Waals surface area contributed by atoms with E-state index in [4.69, 9.17) is 17.3 Å². The van der Waals surface area contributed by atoms with Crippen molar-refractivity contribution in [3.8, 4) is 0 Å². The Hall–Kier alpha value is -0.140. The lowest BCUT2D eigenvalue weighted by Crippen LogP contribution is -2.37. The van der Waals surface area contributed by atoms with Crippen LogP contribution >= 0.6 is 22.9 Å². The Morgan fingerprint density at radius 2 is 2.19 bits per heavy atom. The van der Waals surface area contributed by atoms with Gasteiger partial charge < -0.3 is 5.73 Å². The number of nitrogens with two attached hydrogens (primary N) is 1. The van der Waals surface area contributed by atoms with Gasteiger partial charge in [-0.25, -0.2) is 8.42 Å². The number of hydrogen-bond donors (Lipinski definition) is 1. The predicted molar refractivity (Wildman–Crippen MR) is 68.2 cm³/mol. The molecule has 0 radical (unpaired) electrons. The molecule has 0 fully saturated rings. The molecule has 16 heavy (non-hydrogen) atoms. The first kappa shape index (κ1) is 13.9. The fraction of sp³-hybridized carbons (Fsp3) is 0.556. The normalized spacial score (nSPS) is 14.3. The lowest BCUT2D eigenvalue weighted by Gasteiger charge is -2.20. The Kier molecular flexibility index (Phi) is 4.75. The molecule has 2 N–H and O–H groups in total. The van der Waals surface area contributed by atoms with Crippen LogP contribution in [0.3, 0.4) is 0 Å². The number of nitrogens with zero attached hydrogens (tertiary/aromatic N) is 1. The van der Waals surface area contributed by atoms with E-state index in [-0.39, 0.29) is 6.54 Å². The van der Waals surface area contributed by atoms with Gasteiger partial charge >= 0.3 is 0 Å². The summed E-state index contributed by atoms with van der Waals surface area (Å²) in [6.45, 7) is 2.06. The van der Waals surface area contributed by atoms with E-state index in [9.17, 15) is 8.42 Å². The van der Waals surface area contributed by atoms with Gasteiger partial charge in [0.1, 0.15) is 0 Å². The maximum absolute atomic E-state index is 11.9. The third-order valence-electron chi connectivity index (χ3n) is 2.28. The number of hydrogen-bond acceptors (Lipinski definition) is 4. The van der Waals surface area contributed by atoms with Crippen LogP contribution < -0.4 is 5.73 Å². The van der Waals surface area contributed by atoms with Crippen LogP contribution in [0.1, 0.15) is 11.8 Å². The standard InChI is InChI=1S/C9H15ClN2O2S2/c1-7(5-11)16(13,14)12(2)6-8-3-4-9(10)15-8/h3-4,7H,5-6,11H2,1-2H3. The highest BCUT2D eigenvalue weighted by Crippen LogP contribution is 2.23. The van der Waals surface area contributed by atoms with Crippen LogP contribution in [0.4, 0.5) is 0 Å². The zero-order valence-corrected chi connectivity index (χ0v) is 11.6. The molecule has 0 aliphatic carbocycles. The second-order valence-electron chi connectivity index (χ2n) is 3.55. The van der Waals surface area contributed by atoms with Crippen molar-refractivity contribution in [2.24, 2.45) is 5.73 Å². The molecule has 0 bridgehead atoms. The van der Waals surface area contributed by atoms with Crippen LogP contribution in [0, 0.1) is 0 Å². The molecule has 0 aromatic carbocycles. The topological polar surface area (TPSA) is 63.4 Å². The van der Waals surface area contributed by atoms with Crippen molar-refractivity contribution < 1.29 is 8.42 Å². The molecule has 0 aliphatic rings. The molecule has 0 saturated heterocycles. The minimum atomic E-state index is -3.31. The molecule has 0 aliphatic heterocycles. The highest BCUT2D eigenvalue weighted by molar-refractivity contribution is 7.89. The Labute approximate surface area is 105 Å². The van der Waals surface area contributed by atoms with Crippen molar-refractivity contribution in [2.75, 3.05) is 13.6 Å². The summed E-state index contributed by atoms with van der Waals surface area (Å²) in [6.07, 6.45) is 0. The first-order valence-electron chi connectivity index (χ1n) is 4.77. The minimum absolute atomic E-state index is 0.123. The summed E-state index contributed by atoms with van der Waals surface area (Å²) in [7, 11) is -1.76. The zero-order valence-electron chi connectivity index (χ0n) is 9.18. The van der Waals surface area contributed by atoms with E-state index in [1.807, 2.05) is 6.07 Å². The maximum Gasteiger partial charge on any atom is 0.218 e. The smallest absolute Gasteiger partial charge is 0.218 e. The van der Waals surface area contributed by atoms with Crippen LogP contribution in [0.15, 0.2) is 12.1 Å². The number of thiophene rings is 1. The Balaban J connectivity index is 2.76. The SMILES string of the molecule is CC(CN)S(=O)(=O)N(C)Cc1ccc(Cl)s1. The van der Waals surface area contributed by atoms with Crippen molar-refractivity contribution in [2.45, 2.75) is 18.7 Å². The van der Waals surface area contributed by atoms with Crippen LogP contribution in [-0.4, -0.2) is 31.6 Å². The molecule has 4 nitrogen and oxygen atoms in total. The van der Waals surface area contributed by atoms with E-state index >= 15 is 0 Å². The summed E-state index contributed by atoms with van der Waals surface area (Å²) in [5.74, 6) is 0. The van der Waals surface area contributed by atoms with Gasteiger partial charge in [-0.15, -0.1) is 11.3 Å². The lowest BCUT2D eigenvalue weighted by molar-refractivity contribution is 0.460. The molecule has 0 amide bonds. The van der Waals surface area contributed by atoms with Gasteiger partial charge in [-0.1, -0.05) is 11.6 Å². The number of rotatable bonds is 5. The molecular formula is C9H15ClN2O2S2. The third-order valence-corrected chi connectivity index (χ3v) is 5.71. The molecule has 1 unspecified atom stereocenters. The summed E-state index contributed by atoms with van der Waals surface area (Å²) in [6, 6.07) is 3.58. The quantitative estimate of drug-likeness (QED) is 0.890. The van der Waals surface area contributed by atoms with Gasteiger partial charge in [0.05, 0.1) is 9.59 Å². The van der Waals surface area contributed by atoms with Gasteiger partial charge in [-0.3, -0.25) is 0 Å². The summed E-state index contributed by atoms with van der Waals surface area (Å²) in [5, 5.41) is -0.562. The van der Waals surface area contributed by atoms with Gasteiger partial charge in [-0.05, 0) is 19.1 Å². The van der Waals surface area contributed by atoms with Gasteiger partial charge in [0.15, 0.2) is 0 Å². The zero-order chi connectivity index (χ0) is 12.3. The van der Waals surface area contributed by atoms with E-state index < -0.39 is 15.3 Å². The lowest BCUT2D eigenvalue weighted by atomic mass is 10.5. The first-order chi connectivity index (χ1) is 7.37. The van der Waals surface area contributed by atoms with Crippen molar-refractivity contribution in [3.63, 3.8) is 0 Å². The third kappa shape index (κ3) is 3.18. The van der Waals surface area contributed by atoms with Crippen LogP contribution in [0.5, 0.6) is 0 Å². The fourth-order valence-corrected chi connectivity index (χ4v) is 3.57. The predicted octanol–water partition coefficient (Wildman–Crippen LogP) is 1.51. The number of sulfonamides is 1. The highest BCUT2D eigenvalue weighted by Gasteiger charge is 2.24. The first-order valence-corrected chi connectivity index (χ1v) is 7.47. The van der Waals surface area contributed by atoms with Gasteiger partial charge in [0.2, 0.25) is 10.0 Å². The molecule has 1 aromatic heterocycles. The average molecular weight is 283 g/mol. The van der Waals surface area contributed by atoms with Crippen molar-refractivity contribution >= 4 is 33.0 Å². The summed E-state index contributed by atoms with van der Waals surface area (Å²) in [4.78, 5) is 0.917. The Morgan fingerprint density at radius 3 is 2.62 bits per heavy atom. The second-order valence-corrected chi connectivity index (χ2v) is 7.81. The highest BCUT2D eigenvalue weighted by atomic mass is 35.5. The molecule has 1 rings (SSSR count). The Morgan fingerprint density at radius 1 is 1.56 bits per heavy atom. The molecular weight excluding hydrogens is 268 g/mol. The Bertz CT molecular complexity index is 444. The molecule has 1 atom stereocenters. The van der Waals surface area contributed by atoms with Crippen LogP contribution in [-0.2, 0) is 16.6 Å². The monoisotopic (exact) mass is 282 g/mol. The second kappa shape index (κ2) is 5.46. The summed E-state index contributed by atoms with van der Waals surface area (Å²) >= 11 is 7.16. The van der Waals surface area contributed by atoms with Crippen molar-refractivity contribution in [1.29, 1.82) is 0 Å². The summed E-state index contributed by atoms with van der Waals surface area (Å²) < 4.78 is 25.8.